The molecular formula is C10H7NS2. The van der Waals surface area contributed by atoms with E-state index < -0.39 is 0 Å². The Morgan fingerprint density at radius 3 is 2.00 bits per heavy atom. The van der Waals surface area contributed by atoms with E-state index in [0.29, 0.717) is 0 Å². The van der Waals surface area contributed by atoms with Crippen LogP contribution in [-0.2, 0) is 0 Å². The molecule has 1 aliphatic carbocycles. The van der Waals surface area contributed by atoms with Crippen LogP contribution >= 0.6 is 22.7 Å². The summed E-state index contributed by atoms with van der Waals surface area (Å²) in [6.07, 6.45) is 0. The van der Waals surface area contributed by atoms with Gasteiger partial charge in [0.2, 0.25) is 0 Å². The molecule has 0 aliphatic heterocycles. The van der Waals surface area contributed by atoms with E-state index in [9.17, 15) is 0 Å². The lowest BCUT2D eigenvalue weighted by atomic mass is 10.2. The molecule has 0 saturated carbocycles. The van der Waals surface area contributed by atoms with Gasteiger partial charge in [0, 0.05) is 18.2 Å². The highest BCUT2D eigenvalue weighted by Gasteiger charge is 2.26. The van der Waals surface area contributed by atoms with Gasteiger partial charge in [-0.15, -0.1) is 22.7 Å². The van der Waals surface area contributed by atoms with Crippen LogP contribution in [0.3, 0.4) is 0 Å². The summed E-state index contributed by atoms with van der Waals surface area (Å²) in [7, 11) is 1.86. The molecule has 0 N–H and O–H groups in total. The minimum absolute atomic E-state index is 1.16. The van der Waals surface area contributed by atoms with Gasteiger partial charge in [0.05, 0.1) is 15.5 Å². The Kier molecular flexibility index (Phi) is 1.45. The van der Waals surface area contributed by atoms with Gasteiger partial charge in [-0.05, 0) is 22.9 Å². The van der Waals surface area contributed by atoms with E-state index in [2.05, 4.69) is 27.9 Å². The van der Waals surface area contributed by atoms with E-state index >= 15 is 0 Å². The molecule has 1 nitrogen and oxygen atoms in total. The van der Waals surface area contributed by atoms with Crippen molar-refractivity contribution in [3.8, 4) is 9.75 Å². The molecule has 0 saturated heterocycles. The highest BCUT2D eigenvalue weighted by molar-refractivity contribution is 7.21. The number of hydrogen-bond donors (Lipinski definition) is 0. The maximum atomic E-state index is 4.34. The Morgan fingerprint density at radius 2 is 1.54 bits per heavy atom. The van der Waals surface area contributed by atoms with Crippen molar-refractivity contribution < 1.29 is 0 Å². The van der Waals surface area contributed by atoms with Crippen LogP contribution in [-0.4, -0.2) is 12.8 Å². The van der Waals surface area contributed by atoms with Crippen molar-refractivity contribution in [3.63, 3.8) is 0 Å². The zero-order valence-electron chi connectivity index (χ0n) is 7.07. The molecular weight excluding hydrogens is 198 g/mol. The van der Waals surface area contributed by atoms with Crippen molar-refractivity contribution in [2.75, 3.05) is 7.05 Å². The second kappa shape index (κ2) is 2.53. The van der Waals surface area contributed by atoms with Gasteiger partial charge >= 0.3 is 0 Å². The predicted octanol–water partition coefficient (Wildman–Crippen LogP) is 3.26. The van der Waals surface area contributed by atoms with Gasteiger partial charge in [-0.2, -0.15) is 0 Å². The number of rotatable bonds is 0. The second-order valence-corrected chi connectivity index (χ2v) is 4.73. The smallest absolute Gasteiger partial charge is 0.0745 e. The van der Waals surface area contributed by atoms with Gasteiger partial charge in [0.1, 0.15) is 0 Å². The van der Waals surface area contributed by atoms with Crippen LogP contribution in [0.4, 0.5) is 0 Å². The molecule has 2 aromatic rings. The maximum Gasteiger partial charge on any atom is 0.0745 e. The first-order valence-electron chi connectivity index (χ1n) is 4.04. The van der Waals surface area contributed by atoms with Gasteiger partial charge < -0.3 is 0 Å². The third-order valence-electron chi connectivity index (χ3n) is 2.27. The summed E-state index contributed by atoms with van der Waals surface area (Å²) in [4.78, 5) is 7.13. The molecule has 0 aromatic carbocycles. The lowest BCUT2D eigenvalue weighted by Crippen LogP contribution is -1.94. The van der Waals surface area contributed by atoms with E-state index in [-0.39, 0.29) is 0 Å². The van der Waals surface area contributed by atoms with E-state index in [4.69, 9.17) is 0 Å². The zero-order chi connectivity index (χ0) is 8.84. The van der Waals surface area contributed by atoms with Gasteiger partial charge in [-0.25, -0.2) is 0 Å². The predicted molar refractivity (Wildman–Crippen MR) is 59.2 cm³/mol. The highest BCUT2D eigenvalue weighted by atomic mass is 32.1. The van der Waals surface area contributed by atoms with Crippen LogP contribution in [0.15, 0.2) is 27.9 Å². The fraction of sp³-hybridized carbons (Fsp3) is 0.100. The number of aliphatic imine (C=N–C) groups is 1. The van der Waals surface area contributed by atoms with Crippen molar-refractivity contribution in [1.29, 1.82) is 0 Å². The first-order valence-corrected chi connectivity index (χ1v) is 5.80. The molecule has 64 valence electrons. The third-order valence-corrected chi connectivity index (χ3v) is 4.26. The summed E-state index contributed by atoms with van der Waals surface area (Å²) < 4.78 is 0. The summed E-state index contributed by atoms with van der Waals surface area (Å²) in [5.74, 6) is 0. The molecule has 0 radical (unpaired) electrons. The Labute approximate surface area is 84.4 Å². The maximum absolute atomic E-state index is 4.34. The Morgan fingerprint density at radius 1 is 1.00 bits per heavy atom. The second-order valence-electron chi connectivity index (χ2n) is 2.90. The number of nitrogens with zero attached hydrogens (tertiary/aromatic N) is 1. The average molecular weight is 205 g/mol. The topological polar surface area (TPSA) is 12.4 Å². The van der Waals surface area contributed by atoms with Crippen LogP contribution in [0.5, 0.6) is 0 Å². The lowest BCUT2D eigenvalue weighted by Gasteiger charge is -1.92. The molecule has 13 heavy (non-hydrogen) atoms. The van der Waals surface area contributed by atoms with E-state index in [1.165, 1.54) is 20.9 Å². The van der Waals surface area contributed by atoms with Gasteiger partial charge in [0.25, 0.3) is 0 Å². The molecule has 0 spiro atoms. The molecule has 0 unspecified atom stereocenters. The summed E-state index contributed by atoms with van der Waals surface area (Å²) in [6.45, 7) is 0. The summed E-state index contributed by atoms with van der Waals surface area (Å²) in [6, 6.07) is 4.32. The van der Waals surface area contributed by atoms with Crippen LogP contribution in [0.1, 0.15) is 11.1 Å². The van der Waals surface area contributed by atoms with Crippen molar-refractivity contribution in [2.45, 2.75) is 0 Å². The van der Waals surface area contributed by atoms with Crippen molar-refractivity contribution >= 4 is 28.4 Å². The standard InChI is InChI=1S/C10H7NS2/c1-11-8-6-2-4-12-9(6)10-7(8)3-5-13-10/h2-5H,1H3. The van der Waals surface area contributed by atoms with Crippen LogP contribution in [0, 0.1) is 0 Å². The number of thiophene rings is 2. The quantitative estimate of drug-likeness (QED) is 0.534. The Balaban J connectivity index is 2.43. The first kappa shape index (κ1) is 7.47. The highest BCUT2D eigenvalue weighted by Crippen LogP contribution is 2.43. The van der Waals surface area contributed by atoms with Crippen LogP contribution in [0.2, 0.25) is 0 Å². The third kappa shape index (κ3) is 0.833. The molecule has 0 fully saturated rings. The van der Waals surface area contributed by atoms with E-state index in [1.54, 1.807) is 0 Å². The summed E-state index contributed by atoms with van der Waals surface area (Å²) in [5, 5.41) is 4.27. The van der Waals surface area contributed by atoms with Crippen molar-refractivity contribution in [2.24, 2.45) is 4.99 Å². The molecule has 2 aromatic heterocycles. The van der Waals surface area contributed by atoms with E-state index in [0.717, 1.165) is 5.71 Å². The first-order chi connectivity index (χ1) is 6.42. The molecule has 0 bridgehead atoms. The van der Waals surface area contributed by atoms with Gasteiger partial charge in [0.15, 0.2) is 0 Å². The molecule has 2 heterocycles. The zero-order valence-corrected chi connectivity index (χ0v) is 8.71. The van der Waals surface area contributed by atoms with Crippen LogP contribution < -0.4 is 0 Å². The molecule has 3 heteroatoms. The molecule has 3 rings (SSSR count). The number of hydrogen-bond acceptors (Lipinski definition) is 3. The van der Waals surface area contributed by atoms with Gasteiger partial charge in [-0.3, -0.25) is 4.99 Å². The number of fused-ring (bicyclic) bond motifs is 3. The Hall–Kier alpha value is -0.930. The van der Waals surface area contributed by atoms with E-state index in [1.807, 2.05) is 29.7 Å². The molecule has 1 aliphatic rings. The van der Waals surface area contributed by atoms with Crippen LogP contribution in [0.25, 0.3) is 9.75 Å². The lowest BCUT2D eigenvalue weighted by molar-refractivity contribution is 1.44. The minimum atomic E-state index is 1.16. The summed E-state index contributed by atoms with van der Waals surface area (Å²) >= 11 is 3.62. The molecule has 0 atom stereocenters. The van der Waals surface area contributed by atoms with Crippen molar-refractivity contribution in [1.82, 2.24) is 0 Å². The minimum Gasteiger partial charge on any atom is -0.287 e. The van der Waals surface area contributed by atoms with Crippen molar-refractivity contribution in [3.05, 3.63) is 34.0 Å². The largest absolute Gasteiger partial charge is 0.287 e. The average Bonchev–Trinajstić information content (AvgIpc) is 2.71. The SMILES string of the molecule is CN=C1c2ccsc2-c2sccc21. The Bertz CT molecular complexity index is 448. The fourth-order valence-electron chi connectivity index (χ4n) is 1.73. The normalized spacial score (nSPS) is 12.8. The summed E-state index contributed by atoms with van der Waals surface area (Å²) in [5.41, 5.74) is 3.79. The monoisotopic (exact) mass is 205 g/mol. The van der Waals surface area contributed by atoms with Gasteiger partial charge in [-0.1, -0.05) is 0 Å². The molecule has 0 amide bonds. The fourth-order valence-corrected chi connectivity index (χ4v) is 3.72.